The van der Waals surface area contributed by atoms with Gasteiger partial charge >= 0.3 is 12.1 Å². The number of aromatic nitrogens is 1. The Kier molecular flexibility index (Phi) is 9.66. The number of carboxylic acids is 1. The number of hydrogen-bond acceptors (Lipinski definition) is 6. The number of nitrogens with zero attached hydrogens (tertiary/aromatic N) is 1. The van der Waals surface area contributed by atoms with Gasteiger partial charge in [-0.15, -0.1) is 11.3 Å². The summed E-state index contributed by atoms with van der Waals surface area (Å²) in [7, 11) is -4.58. The average Bonchev–Trinajstić information content (AvgIpc) is 3.24. The standard InChI is InChI=1S/C28H35ClF3N3O5S2/c1-27(2,3)35-42(39,40)20-10-9-18(22(29)21(20)28(30,31)32)23-19(13-15-7-5-4-6-8-15)34-25(41-23)24(36)33-14-16-11-17(12-16)26(37)38/h9-10,15-17,35H,4-8,11-14H2,1-3H3,(H,33,36)(H,37,38). The van der Waals surface area contributed by atoms with Crippen LogP contribution in [0.25, 0.3) is 10.4 Å². The van der Waals surface area contributed by atoms with Gasteiger partial charge < -0.3 is 10.4 Å². The fourth-order valence-electron chi connectivity index (χ4n) is 5.56. The van der Waals surface area contributed by atoms with E-state index in [1.165, 1.54) is 26.8 Å². The minimum absolute atomic E-state index is 0.0242. The predicted molar refractivity (Wildman–Crippen MR) is 154 cm³/mol. The van der Waals surface area contributed by atoms with Crippen molar-refractivity contribution in [1.82, 2.24) is 15.0 Å². The van der Waals surface area contributed by atoms with E-state index >= 15 is 0 Å². The SMILES string of the molecule is CC(C)(C)NS(=O)(=O)c1ccc(-c2sc(C(=O)NCC3CC(C(=O)O)C3)nc2CC2CCCCC2)c(Cl)c1C(F)(F)F. The van der Waals surface area contributed by atoms with Gasteiger partial charge in [-0.05, 0) is 57.9 Å². The lowest BCUT2D eigenvalue weighted by Crippen LogP contribution is -2.41. The highest BCUT2D eigenvalue weighted by Gasteiger charge is 2.42. The largest absolute Gasteiger partial charge is 0.481 e. The summed E-state index contributed by atoms with van der Waals surface area (Å²) < 4.78 is 71.4. The number of aliphatic carboxylic acids is 1. The van der Waals surface area contributed by atoms with Crippen molar-refractivity contribution in [3.8, 4) is 10.4 Å². The van der Waals surface area contributed by atoms with E-state index in [1.807, 2.05) is 0 Å². The Bertz CT molecular complexity index is 1440. The topological polar surface area (TPSA) is 125 Å². The molecule has 2 aromatic rings. The first-order valence-corrected chi connectivity index (χ1v) is 16.6. The molecular weight excluding hydrogens is 615 g/mol. The van der Waals surface area contributed by atoms with Gasteiger partial charge in [0.2, 0.25) is 10.0 Å². The first kappa shape index (κ1) is 32.7. The van der Waals surface area contributed by atoms with Gasteiger partial charge in [-0.25, -0.2) is 18.1 Å². The summed E-state index contributed by atoms with van der Waals surface area (Å²) in [5.74, 6) is -1.52. The van der Waals surface area contributed by atoms with E-state index in [2.05, 4.69) is 15.0 Å². The van der Waals surface area contributed by atoms with Crippen LogP contribution in [0, 0.1) is 17.8 Å². The van der Waals surface area contributed by atoms with E-state index < -0.39 is 55.0 Å². The lowest BCUT2D eigenvalue weighted by molar-refractivity contribution is -0.146. The molecule has 2 aliphatic carbocycles. The Morgan fingerprint density at radius 1 is 1.10 bits per heavy atom. The van der Waals surface area contributed by atoms with Gasteiger partial charge in [0.25, 0.3) is 5.91 Å². The molecular formula is C28H35ClF3N3O5S2. The summed E-state index contributed by atoms with van der Waals surface area (Å²) in [6.45, 7) is 4.82. The first-order chi connectivity index (χ1) is 19.5. The van der Waals surface area contributed by atoms with E-state index in [-0.39, 0.29) is 29.0 Å². The van der Waals surface area contributed by atoms with Crippen LogP contribution < -0.4 is 10.0 Å². The van der Waals surface area contributed by atoms with E-state index in [4.69, 9.17) is 16.7 Å². The van der Waals surface area contributed by atoms with Gasteiger partial charge in [0.05, 0.1) is 32.0 Å². The fourth-order valence-corrected chi connectivity index (χ4v) is 8.73. The maximum absolute atomic E-state index is 14.4. The summed E-state index contributed by atoms with van der Waals surface area (Å²) in [4.78, 5) is 28.0. The summed E-state index contributed by atoms with van der Waals surface area (Å²) in [6, 6.07) is 2.15. The van der Waals surface area contributed by atoms with Crippen molar-refractivity contribution < 1.29 is 36.3 Å². The highest BCUT2D eigenvalue weighted by Crippen LogP contribution is 2.46. The van der Waals surface area contributed by atoms with Gasteiger partial charge in [0, 0.05) is 17.6 Å². The number of amides is 1. The molecule has 14 heteroatoms. The molecule has 1 aromatic heterocycles. The number of halogens is 4. The number of sulfonamides is 1. The molecule has 232 valence electrons. The molecule has 0 aliphatic heterocycles. The Morgan fingerprint density at radius 3 is 2.31 bits per heavy atom. The minimum Gasteiger partial charge on any atom is -0.481 e. The number of hydrogen-bond donors (Lipinski definition) is 3. The number of benzene rings is 1. The fraction of sp³-hybridized carbons (Fsp3) is 0.607. The smallest absolute Gasteiger partial charge is 0.419 e. The summed E-state index contributed by atoms with van der Waals surface area (Å²) in [5.41, 5.74) is -2.10. The van der Waals surface area contributed by atoms with Gasteiger partial charge in [0.15, 0.2) is 5.01 Å². The lowest BCUT2D eigenvalue weighted by atomic mass is 9.75. The molecule has 3 N–H and O–H groups in total. The zero-order valence-corrected chi connectivity index (χ0v) is 26.0. The Balaban J connectivity index is 1.71. The number of thiazole rings is 1. The van der Waals surface area contributed by atoms with Gasteiger partial charge in [-0.3, -0.25) is 9.59 Å². The van der Waals surface area contributed by atoms with Crippen molar-refractivity contribution in [3.05, 3.63) is 33.4 Å². The van der Waals surface area contributed by atoms with Crippen molar-refractivity contribution in [3.63, 3.8) is 0 Å². The molecule has 0 bridgehead atoms. The van der Waals surface area contributed by atoms with Crippen LogP contribution in [0.2, 0.25) is 5.02 Å². The third-order valence-corrected chi connectivity index (χ3v) is 10.9. The van der Waals surface area contributed by atoms with E-state index in [1.54, 1.807) is 0 Å². The van der Waals surface area contributed by atoms with Crippen molar-refractivity contribution in [2.24, 2.45) is 17.8 Å². The second kappa shape index (κ2) is 12.4. The van der Waals surface area contributed by atoms with Crippen LogP contribution in [0.3, 0.4) is 0 Å². The van der Waals surface area contributed by atoms with Crippen molar-refractivity contribution in [1.29, 1.82) is 0 Å². The molecule has 2 saturated carbocycles. The molecule has 0 atom stereocenters. The molecule has 0 unspecified atom stereocenters. The quantitative estimate of drug-likeness (QED) is 0.284. The molecule has 2 fully saturated rings. The van der Waals surface area contributed by atoms with Crippen LogP contribution in [0.5, 0.6) is 0 Å². The zero-order chi connectivity index (χ0) is 31.0. The van der Waals surface area contributed by atoms with Crippen LogP contribution in [0.15, 0.2) is 17.0 Å². The number of rotatable bonds is 9. The van der Waals surface area contributed by atoms with Crippen LogP contribution in [-0.4, -0.2) is 42.5 Å². The number of carbonyl (C=O) groups excluding carboxylic acids is 1. The Labute approximate surface area is 252 Å². The van der Waals surface area contributed by atoms with E-state index in [0.29, 0.717) is 29.8 Å². The highest BCUT2D eigenvalue weighted by molar-refractivity contribution is 7.89. The van der Waals surface area contributed by atoms with Crippen LogP contribution in [0.4, 0.5) is 13.2 Å². The number of carbonyl (C=O) groups is 2. The van der Waals surface area contributed by atoms with E-state index in [0.717, 1.165) is 49.5 Å². The molecule has 1 aromatic carbocycles. The van der Waals surface area contributed by atoms with Gasteiger partial charge in [-0.2, -0.15) is 13.2 Å². The molecule has 1 heterocycles. The van der Waals surface area contributed by atoms with Crippen molar-refractivity contribution in [2.75, 3.05) is 6.54 Å². The van der Waals surface area contributed by atoms with E-state index in [9.17, 15) is 31.2 Å². The molecule has 42 heavy (non-hydrogen) atoms. The van der Waals surface area contributed by atoms with Crippen LogP contribution in [-0.2, 0) is 27.4 Å². The minimum atomic E-state index is -5.08. The molecule has 1 amide bonds. The first-order valence-electron chi connectivity index (χ1n) is 13.9. The molecule has 4 rings (SSSR count). The monoisotopic (exact) mass is 649 g/mol. The molecule has 0 radical (unpaired) electrons. The number of alkyl halides is 3. The van der Waals surface area contributed by atoms with Crippen molar-refractivity contribution in [2.45, 2.75) is 88.7 Å². The zero-order valence-electron chi connectivity index (χ0n) is 23.6. The third-order valence-electron chi connectivity index (χ3n) is 7.60. The van der Waals surface area contributed by atoms with Gasteiger partial charge in [0.1, 0.15) is 0 Å². The number of nitrogens with one attached hydrogen (secondary N) is 2. The maximum atomic E-state index is 14.4. The molecule has 2 aliphatic rings. The summed E-state index contributed by atoms with van der Waals surface area (Å²) in [5, 5.41) is 11.1. The van der Waals surface area contributed by atoms with Crippen LogP contribution >= 0.6 is 22.9 Å². The highest BCUT2D eigenvalue weighted by atomic mass is 35.5. The maximum Gasteiger partial charge on any atom is 0.419 e. The molecule has 0 saturated heterocycles. The van der Waals surface area contributed by atoms with Gasteiger partial charge in [-0.1, -0.05) is 49.8 Å². The van der Waals surface area contributed by atoms with Crippen LogP contribution in [0.1, 0.15) is 86.8 Å². The summed E-state index contributed by atoms with van der Waals surface area (Å²) >= 11 is 7.32. The molecule has 8 nitrogen and oxygen atoms in total. The average molecular weight is 650 g/mol. The number of carboxylic acid groups (broad SMARTS) is 1. The van der Waals surface area contributed by atoms with Crippen molar-refractivity contribution >= 4 is 44.8 Å². The second-order valence-electron chi connectivity index (χ2n) is 12.2. The summed E-state index contributed by atoms with van der Waals surface area (Å²) in [6.07, 6.45) is 1.32. The second-order valence-corrected chi connectivity index (χ2v) is 15.3. The Morgan fingerprint density at radius 2 is 1.74 bits per heavy atom. The predicted octanol–water partition coefficient (Wildman–Crippen LogP) is 6.52. The lowest BCUT2D eigenvalue weighted by Gasteiger charge is -2.32. The Hall–Kier alpha value is -2.22. The normalized spacial score (nSPS) is 20.3. The molecule has 0 spiro atoms. The third kappa shape index (κ3) is 7.64.